The average molecular weight is 224 g/mol. The van der Waals surface area contributed by atoms with Gasteiger partial charge in [-0.25, -0.2) is 4.98 Å². The standard InChI is InChI=1S/C11H20N4O/c1-16-7-4-12-8-10-9-13-11(14-10)15-5-2-3-6-15/h9,12H,2-8H2,1H3,(H,13,14). The Morgan fingerprint density at radius 3 is 3.06 bits per heavy atom. The number of hydrogen-bond acceptors (Lipinski definition) is 4. The number of anilines is 1. The van der Waals surface area contributed by atoms with E-state index in [1.165, 1.54) is 12.8 Å². The van der Waals surface area contributed by atoms with Crippen molar-refractivity contribution in [2.75, 3.05) is 38.3 Å². The third-order valence-corrected chi connectivity index (χ3v) is 2.82. The predicted molar refractivity (Wildman–Crippen MR) is 63.6 cm³/mol. The Labute approximate surface area is 96.2 Å². The number of methoxy groups -OCH3 is 1. The van der Waals surface area contributed by atoms with Crippen LogP contribution in [0.1, 0.15) is 18.5 Å². The molecule has 1 aliphatic heterocycles. The Balaban J connectivity index is 1.77. The van der Waals surface area contributed by atoms with Gasteiger partial charge in [-0.15, -0.1) is 0 Å². The van der Waals surface area contributed by atoms with E-state index in [0.717, 1.165) is 44.4 Å². The van der Waals surface area contributed by atoms with E-state index in [9.17, 15) is 0 Å². The zero-order chi connectivity index (χ0) is 11.2. The van der Waals surface area contributed by atoms with E-state index in [-0.39, 0.29) is 0 Å². The molecule has 0 bridgehead atoms. The van der Waals surface area contributed by atoms with Crippen molar-refractivity contribution in [3.63, 3.8) is 0 Å². The summed E-state index contributed by atoms with van der Waals surface area (Å²) in [5.41, 5.74) is 1.14. The summed E-state index contributed by atoms with van der Waals surface area (Å²) in [6.45, 7) is 4.69. The average Bonchev–Trinajstić information content (AvgIpc) is 2.94. The van der Waals surface area contributed by atoms with Crippen molar-refractivity contribution in [2.45, 2.75) is 19.4 Å². The van der Waals surface area contributed by atoms with Crippen LogP contribution in [0.3, 0.4) is 0 Å². The molecule has 0 unspecified atom stereocenters. The van der Waals surface area contributed by atoms with Crippen molar-refractivity contribution in [2.24, 2.45) is 0 Å². The topological polar surface area (TPSA) is 53.2 Å². The first kappa shape index (κ1) is 11.4. The van der Waals surface area contributed by atoms with Gasteiger partial charge in [0.25, 0.3) is 0 Å². The molecule has 1 fully saturated rings. The van der Waals surface area contributed by atoms with Gasteiger partial charge in [0.2, 0.25) is 5.95 Å². The van der Waals surface area contributed by atoms with Crippen LogP contribution < -0.4 is 10.2 Å². The van der Waals surface area contributed by atoms with Gasteiger partial charge in [0.1, 0.15) is 0 Å². The van der Waals surface area contributed by atoms with Gasteiger partial charge in [0, 0.05) is 33.3 Å². The molecule has 0 aromatic carbocycles. The van der Waals surface area contributed by atoms with Crippen LogP contribution in [0, 0.1) is 0 Å². The number of rotatable bonds is 6. The summed E-state index contributed by atoms with van der Waals surface area (Å²) in [5, 5.41) is 3.29. The van der Waals surface area contributed by atoms with Crippen molar-refractivity contribution in [3.8, 4) is 0 Å². The molecule has 0 atom stereocenters. The lowest BCUT2D eigenvalue weighted by atomic mass is 10.4. The fraction of sp³-hybridized carbons (Fsp3) is 0.727. The van der Waals surface area contributed by atoms with Gasteiger partial charge >= 0.3 is 0 Å². The molecule has 0 radical (unpaired) electrons. The minimum atomic E-state index is 0.743. The van der Waals surface area contributed by atoms with Gasteiger partial charge in [0.05, 0.1) is 18.5 Å². The van der Waals surface area contributed by atoms with E-state index in [1.807, 2.05) is 6.20 Å². The molecule has 1 aromatic rings. The third-order valence-electron chi connectivity index (χ3n) is 2.82. The van der Waals surface area contributed by atoms with Crippen molar-refractivity contribution in [3.05, 3.63) is 11.9 Å². The number of hydrogen-bond donors (Lipinski definition) is 2. The van der Waals surface area contributed by atoms with E-state index in [2.05, 4.69) is 20.2 Å². The number of imidazole rings is 1. The molecule has 1 aliphatic rings. The van der Waals surface area contributed by atoms with Gasteiger partial charge in [-0.05, 0) is 12.8 Å². The molecule has 2 heterocycles. The summed E-state index contributed by atoms with van der Waals surface area (Å²) in [7, 11) is 1.71. The molecule has 16 heavy (non-hydrogen) atoms. The fourth-order valence-corrected chi connectivity index (χ4v) is 1.92. The van der Waals surface area contributed by atoms with Crippen molar-refractivity contribution in [1.82, 2.24) is 15.3 Å². The first-order valence-corrected chi connectivity index (χ1v) is 5.88. The van der Waals surface area contributed by atoms with Gasteiger partial charge in [-0.3, -0.25) is 0 Å². The van der Waals surface area contributed by atoms with Crippen LogP contribution in [0.5, 0.6) is 0 Å². The Morgan fingerprint density at radius 2 is 2.31 bits per heavy atom. The van der Waals surface area contributed by atoms with E-state index in [1.54, 1.807) is 7.11 Å². The van der Waals surface area contributed by atoms with Crippen LogP contribution in [0.4, 0.5) is 5.95 Å². The highest BCUT2D eigenvalue weighted by atomic mass is 16.5. The lowest BCUT2D eigenvalue weighted by molar-refractivity contribution is 0.199. The first-order chi connectivity index (χ1) is 7.90. The maximum absolute atomic E-state index is 4.97. The SMILES string of the molecule is COCCNCc1cnc(N2CCCC2)[nH]1. The van der Waals surface area contributed by atoms with Crippen LogP contribution in [-0.2, 0) is 11.3 Å². The van der Waals surface area contributed by atoms with Crippen LogP contribution in [0.25, 0.3) is 0 Å². The largest absolute Gasteiger partial charge is 0.383 e. The smallest absolute Gasteiger partial charge is 0.202 e. The van der Waals surface area contributed by atoms with Crippen molar-refractivity contribution < 1.29 is 4.74 Å². The minimum absolute atomic E-state index is 0.743. The summed E-state index contributed by atoms with van der Waals surface area (Å²) < 4.78 is 4.97. The third kappa shape index (κ3) is 2.96. The molecule has 0 saturated carbocycles. The normalized spacial score (nSPS) is 15.9. The summed E-state index contributed by atoms with van der Waals surface area (Å²) in [6.07, 6.45) is 4.47. The predicted octanol–water partition coefficient (Wildman–Crippen LogP) is 0.746. The molecule has 5 nitrogen and oxygen atoms in total. The molecular formula is C11H20N4O. The Hall–Kier alpha value is -1.07. The lowest BCUT2D eigenvalue weighted by Gasteiger charge is -2.12. The van der Waals surface area contributed by atoms with Crippen molar-refractivity contribution >= 4 is 5.95 Å². The Kier molecular flexibility index (Phi) is 4.18. The zero-order valence-electron chi connectivity index (χ0n) is 9.83. The number of nitrogens with zero attached hydrogens (tertiary/aromatic N) is 2. The van der Waals surface area contributed by atoms with Gasteiger partial charge in [0.15, 0.2) is 0 Å². The summed E-state index contributed by atoms with van der Waals surface area (Å²) >= 11 is 0. The number of aromatic amines is 1. The molecule has 1 aromatic heterocycles. The molecule has 90 valence electrons. The van der Waals surface area contributed by atoms with Crippen LogP contribution >= 0.6 is 0 Å². The summed E-state index contributed by atoms with van der Waals surface area (Å²) in [4.78, 5) is 10.0. The highest BCUT2D eigenvalue weighted by Crippen LogP contribution is 2.15. The highest BCUT2D eigenvalue weighted by molar-refractivity contribution is 5.32. The lowest BCUT2D eigenvalue weighted by Crippen LogP contribution is -2.20. The van der Waals surface area contributed by atoms with E-state index >= 15 is 0 Å². The molecule has 0 aliphatic carbocycles. The molecule has 5 heteroatoms. The minimum Gasteiger partial charge on any atom is -0.383 e. The van der Waals surface area contributed by atoms with Crippen LogP contribution in [-0.4, -0.2) is 43.3 Å². The number of ether oxygens (including phenoxy) is 1. The van der Waals surface area contributed by atoms with Gasteiger partial charge < -0.3 is 19.9 Å². The zero-order valence-corrected chi connectivity index (χ0v) is 9.83. The molecule has 2 N–H and O–H groups in total. The number of aromatic nitrogens is 2. The van der Waals surface area contributed by atoms with E-state index in [4.69, 9.17) is 4.74 Å². The number of H-pyrrole nitrogens is 1. The molecule has 2 rings (SSSR count). The second-order valence-corrected chi connectivity index (χ2v) is 4.10. The van der Waals surface area contributed by atoms with Crippen LogP contribution in [0.2, 0.25) is 0 Å². The van der Waals surface area contributed by atoms with Gasteiger partial charge in [-0.2, -0.15) is 0 Å². The Bertz CT molecular complexity index is 307. The monoisotopic (exact) mass is 224 g/mol. The van der Waals surface area contributed by atoms with E-state index < -0.39 is 0 Å². The molecular weight excluding hydrogens is 204 g/mol. The molecule has 0 spiro atoms. The molecule has 0 amide bonds. The highest BCUT2D eigenvalue weighted by Gasteiger charge is 2.14. The van der Waals surface area contributed by atoms with Crippen molar-refractivity contribution in [1.29, 1.82) is 0 Å². The number of nitrogens with one attached hydrogen (secondary N) is 2. The second-order valence-electron chi connectivity index (χ2n) is 4.10. The maximum atomic E-state index is 4.97. The molecule has 1 saturated heterocycles. The summed E-state index contributed by atoms with van der Waals surface area (Å²) in [6, 6.07) is 0. The maximum Gasteiger partial charge on any atom is 0.202 e. The van der Waals surface area contributed by atoms with Crippen LogP contribution in [0.15, 0.2) is 6.20 Å². The van der Waals surface area contributed by atoms with Gasteiger partial charge in [-0.1, -0.05) is 0 Å². The first-order valence-electron chi connectivity index (χ1n) is 5.88. The quantitative estimate of drug-likeness (QED) is 0.700. The van der Waals surface area contributed by atoms with E-state index in [0.29, 0.717) is 0 Å². The second kappa shape index (κ2) is 5.86. The summed E-state index contributed by atoms with van der Waals surface area (Å²) in [5.74, 6) is 1.01. The Morgan fingerprint density at radius 1 is 1.50 bits per heavy atom. The fourth-order valence-electron chi connectivity index (χ4n) is 1.92.